The van der Waals surface area contributed by atoms with E-state index < -0.39 is 0 Å². The third-order valence-corrected chi connectivity index (χ3v) is 5.14. The number of hydrogen-bond donors (Lipinski definition) is 3. The number of rotatable bonds is 7. The Morgan fingerprint density at radius 1 is 0.933 bits per heavy atom. The molecule has 0 saturated carbocycles. The Balaban J connectivity index is 1.51. The maximum Gasteiger partial charge on any atom is 0.235 e. The van der Waals surface area contributed by atoms with Crippen LogP contribution in [0.25, 0.3) is 0 Å². The Kier molecular flexibility index (Phi) is 7.53. The van der Waals surface area contributed by atoms with Crippen LogP contribution in [-0.4, -0.2) is 27.5 Å². The van der Waals surface area contributed by atoms with E-state index in [0.29, 0.717) is 16.5 Å². The molecule has 0 aliphatic heterocycles. The lowest BCUT2D eigenvalue weighted by Crippen LogP contribution is -2.19. The van der Waals surface area contributed by atoms with Crippen LogP contribution in [0.5, 0.6) is 0 Å². The van der Waals surface area contributed by atoms with Gasteiger partial charge in [-0.2, -0.15) is 0 Å². The van der Waals surface area contributed by atoms with Crippen LogP contribution in [0.3, 0.4) is 0 Å². The van der Waals surface area contributed by atoms with E-state index in [1.807, 2.05) is 30.3 Å². The first-order chi connectivity index (χ1) is 14.5. The Hall–Kier alpha value is -3.23. The molecule has 152 valence electrons. The molecule has 1 amide bonds. The van der Waals surface area contributed by atoms with Crippen molar-refractivity contribution in [3.05, 3.63) is 78.5 Å². The van der Waals surface area contributed by atoms with Gasteiger partial charge < -0.3 is 16.0 Å². The van der Waals surface area contributed by atoms with Gasteiger partial charge in [-0.3, -0.25) is 9.59 Å². The largest absolute Gasteiger partial charge is 0.332 e. The normalized spacial score (nSPS) is 10.2. The standard InChI is InChI=1S/C22H20N4O2S2/c1-15(27)16-8-10-17(11-9-16)24-22(29)25-18-5-4-6-19(13-18)30-14-21(28)26-20-7-2-3-12-23-20/h2-13H,14H2,1H3,(H,23,26,28)(H2,24,25,29). The zero-order valence-electron chi connectivity index (χ0n) is 16.2. The summed E-state index contributed by atoms with van der Waals surface area (Å²) < 4.78 is 0. The highest BCUT2D eigenvalue weighted by Gasteiger charge is 2.06. The molecule has 0 radical (unpaired) electrons. The summed E-state index contributed by atoms with van der Waals surface area (Å²) in [6, 6.07) is 20.1. The number of nitrogens with zero attached hydrogens (tertiary/aromatic N) is 1. The summed E-state index contributed by atoms with van der Waals surface area (Å²) in [4.78, 5) is 28.4. The molecule has 2 aromatic carbocycles. The number of carbonyl (C=O) groups is 2. The molecule has 30 heavy (non-hydrogen) atoms. The maximum atomic E-state index is 12.1. The highest BCUT2D eigenvalue weighted by molar-refractivity contribution is 8.00. The first kappa shape index (κ1) is 21.5. The van der Waals surface area contributed by atoms with Crippen LogP contribution < -0.4 is 16.0 Å². The second-order valence-corrected chi connectivity index (χ2v) is 7.75. The molecular weight excluding hydrogens is 416 g/mol. The number of thioether (sulfide) groups is 1. The molecule has 0 atom stereocenters. The van der Waals surface area contributed by atoms with Gasteiger partial charge in [0.2, 0.25) is 5.91 Å². The van der Waals surface area contributed by atoms with E-state index in [1.165, 1.54) is 18.7 Å². The van der Waals surface area contributed by atoms with Gasteiger partial charge in [-0.15, -0.1) is 11.8 Å². The summed E-state index contributed by atoms with van der Waals surface area (Å²) in [5, 5.41) is 9.40. The Morgan fingerprint density at radius 3 is 2.40 bits per heavy atom. The van der Waals surface area contributed by atoms with E-state index in [1.54, 1.807) is 42.6 Å². The molecule has 3 N–H and O–H groups in total. The molecule has 0 spiro atoms. The number of nitrogens with one attached hydrogen (secondary N) is 3. The number of thiocarbonyl (C=S) groups is 1. The molecule has 3 rings (SSSR count). The van der Waals surface area contributed by atoms with Crippen LogP contribution in [-0.2, 0) is 4.79 Å². The maximum absolute atomic E-state index is 12.1. The fourth-order valence-electron chi connectivity index (χ4n) is 2.51. The first-order valence-electron chi connectivity index (χ1n) is 9.12. The van der Waals surface area contributed by atoms with Crippen molar-refractivity contribution in [3.8, 4) is 0 Å². The van der Waals surface area contributed by atoms with E-state index in [0.717, 1.165) is 16.3 Å². The van der Waals surface area contributed by atoms with E-state index >= 15 is 0 Å². The van der Waals surface area contributed by atoms with Crippen molar-refractivity contribution in [2.45, 2.75) is 11.8 Å². The molecule has 1 aromatic heterocycles. The van der Waals surface area contributed by atoms with E-state index in [-0.39, 0.29) is 17.4 Å². The molecule has 8 heteroatoms. The van der Waals surface area contributed by atoms with Gasteiger partial charge in [-0.1, -0.05) is 12.1 Å². The fourth-order valence-corrected chi connectivity index (χ4v) is 3.50. The van der Waals surface area contributed by atoms with E-state index in [9.17, 15) is 9.59 Å². The van der Waals surface area contributed by atoms with Gasteiger partial charge in [0, 0.05) is 28.0 Å². The number of aromatic nitrogens is 1. The Bertz CT molecular complexity index is 1040. The number of anilines is 3. The predicted octanol–water partition coefficient (Wildman–Crippen LogP) is 4.82. The Morgan fingerprint density at radius 2 is 1.70 bits per heavy atom. The van der Waals surface area contributed by atoms with E-state index in [4.69, 9.17) is 12.2 Å². The molecule has 1 heterocycles. The number of ketones is 1. The number of benzene rings is 2. The smallest absolute Gasteiger partial charge is 0.235 e. The van der Waals surface area contributed by atoms with Crippen molar-refractivity contribution in [2.75, 3.05) is 21.7 Å². The molecule has 3 aromatic rings. The van der Waals surface area contributed by atoms with Gasteiger partial charge in [-0.05, 0) is 73.7 Å². The number of hydrogen-bond acceptors (Lipinski definition) is 5. The van der Waals surface area contributed by atoms with Crippen LogP contribution in [0.15, 0.2) is 77.8 Å². The average Bonchev–Trinajstić information content (AvgIpc) is 2.73. The molecule has 6 nitrogen and oxygen atoms in total. The molecule has 0 bridgehead atoms. The van der Waals surface area contributed by atoms with Gasteiger partial charge in [0.25, 0.3) is 0 Å². The van der Waals surface area contributed by atoms with Gasteiger partial charge in [0.05, 0.1) is 5.75 Å². The van der Waals surface area contributed by atoms with Crippen LogP contribution in [0.2, 0.25) is 0 Å². The van der Waals surface area contributed by atoms with Crippen molar-refractivity contribution < 1.29 is 9.59 Å². The summed E-state index contributed by atoms with van der Waals surface area (Å²) in [7, 11) is 0. The quantitative estimate of drug-likeness (QED) is 0.278. The minimum atomic E-state index is -0.122. The second kappa shape index (κ2) is 10.5. The highest BCUT2D eigenvalue weighted by Crippen LogP contribution is 2.22. The third kappa shape index (κ3) is 6.68. The summed E-state index contributed by atoms with van der Waals surface area (Å²) in [6.45, 7) is 1.53. The SMILES string of the molecule is CC(=O)c1ccc(NC(=S)Nc2cccc(SCC(=O)Nc3ccccn3)c2)cc1. The van der Waals surface area contributed by atoms with Crippen LogP contribution >= 0.6 is 24.0 Å². The molecular formula is C22H20N4O2S2. The molecule has 0 aliphatic carbocycles. The van der Waals surface area contributed by atoms with Crippen molar-refractivity contribution >= 4 is 58.0 Å². The minimum Gasteiger partial charge on any atom is -0.332 e. The van der Waals surface area contributed by atoms with Crippen molar-refractivity contribution in [2.24, 2.45) is 0 Å². The number of amides is 1. The minimum absolute atomic E-state index is 0.0188. The van der Waals surface area contributed by atoms with Crippen LogP contribution in [0.4, 0.5) is 17.2 Å². The zero-order valence-corrected chi connectivity index (χ0v) is 17.8. The number of pyridine rings is 1. The zero-order chi connectivity index (χ0) is 21.3. The van der Waals surface area contributed by atoms with Gasteiger partial charge in [0.1, 0.15) is 5.82 Å². The van der Waals surface area contributed by atoms with E-state index in [2.05, 4.69) is 20.9 Å². The molecule has 0 saturated heterocycles. The number of carbonyl (C=O) groups excluding carboxylic acids is 2. The summed E-state index contributed by atoms with van der Waals surface area (Å²) in [6.07, 6.45) is 1.63. The second-order valence-electron chi connectivity index (χ2n) is 6.29. The van der Waals surface area contributed by atoms with Crippen molar-refractivity contribution in [1.82, 2.24) is 4.98 Å². The van der Waals surface area contributed by atoms with Crippen molar-refractivity contribution in [3.63, 3.8) is 0 Å². The highest BCUT2D eigenvalue weighted by atomic mass is 32.2. The van der Waals surface area contributed by atoms with Gasteiger partial charge >= 0.3 is 0 Å². The lowest BCUT2D eigenvalue weighted by Gasteiger charge is -2.12. The van der Waals surface area contributed by atoms with Crippen molar-refractivity contribution in [1.29, 1.82) is 0 Å². The number of Topliss-reactive ketones (excluding diaryl/α,β-unsaturated/α-hetero) is 1. The Labute approximate surface area is 184 Å². The van der Waals surface area contributed by atoms with Gasteiger partial charge in [-0.25, -0.2) is 4.98 Å². The molecule has 0 aliphatic rings. The fraction of sp³-hybridized carbons (Fsp3) is 0.0909. The van der Waals surface area contributed by atoms with Crippen LogP contribution in [0.1, 0.15) is 17.3 Å². The molecule has 0 unspecified atom stereocenters. The predicted molar refractivity (Wildman–Crippen MR) is 126 cm³/mol. The first-order valence-corrected chi connectivity index (χ1v) is 10.5. The monoisotopic (exact) mass is 436 g/mol. The summed E-state index contributed by atoms with van der Waals surface area (Å²) >= 11 is 6.78. The average molecular weight is 437 g/mol. The third-order valence-electron chi connectivity index (χ3n) is 3.94. The van der Waals surface area contributed by atoms with Gasteiger partial charge in [0.15, 0.2) is 10.9 Å². The lowest BCUT2D eigenvalue weighted by molar-refractivity contribution is -0.113. The lowest BCUT2D eigenvalue weighted by atomic mass is 10.1. The summed E-state index contributed by atoms with van der Waals surface area (Å²) in [5.74, 6) is 0.699. The van der Waals surface area contributed by atoms with Crippen LogP contribution in [0, 0.1) is 0 Å². The topological polar surface area (TPSA) is 83.1 Å². The molecule has 0 fully saturated rings. The summed E-state index contributed by atoms with van der Waals surface area (Å²) in [5.41, 5.74) is 2.24.